The van der Waals surface area contributed by atoms with E-state index in [0.717, 1.165) is 67.2 Å². The molecular formula is C25H30N8O2. The summed E-state index contributed by atoms with van der Waals surface area (Å²) in [7, 11) is 0. The fraction of sp³-hybridized carbons (Fsp3) is 0.440. The summed E-state index contributed by atoms with van der Waals surface area (Å²) in [5, 5.41) is 12.2. The van der Waals surface area contributed by atoms with Crippen LogP contribution in [0.1, 0.15) is 59.0 Å². The molecule has 2 aliphatic heterocycles. The lowest BCUT2D eigenvalue weighted by Gasteiger charge is -2.34. The van der Waals surface area contributed by atoms with Crippen LogP contribution in [0.4, 0.5) is 5.82 Å². The molecule has 0 radical (unpaired) electrons. The van der Waals surface area contributed by atoms with Crippen molar-refractivity contribution in [2.24, 2.45) is 5.73 Å². The van der Waals surface area contributed by atoms with Crippen molar-refractivity contribution in [3.63, 3.8) is 0 Å². The van der Waals surface area contributed by atoms with Crippen molar-refractivity contribution in [3.8, 4) is 11.5 Å². The van der Waals surface area contributed by atoms with Crippen LogP contribution < -0.4 is 10.6 Å². The predicted octanol–water partition coefficient (Wildman–Crippen LogP) is 3.23. The largest absolute Gasteiger partial charge is 0.463 e. The van der Waals surface area contributed by atoms with E-state index in [9.17, 15) is 4.79 Å². The Morgan fingerprint density at radius 3 is 2.89 bits per heavy atom. The van der Waals surface area contributed by atoms with Gasteiger partial charge in [0.05, 0.1) is 23.6 Å². The molecule has 0 bridgehead atoms. The maximum Gasteiger partial charge on any atom is 0.258 e. The third-order valence-corrected chi connectivity index (χ3v) is 7.17. The molecule has 10 heteroatoms. The molecule has 3 N–H and O–H groups in total. The number of aromatic amines is 1. The van der Waals surface area contributed by atoms with Crippen LogP contribution in [0.2, 0.25) is 0 Å². The zero-order chi connectivity index (χ0) is 24.1. The molecular weight excluding hydrogens is 444 g/mol. The Morgan fingerprint density at radius 1 is 1.23 bits per heavy atom. The molecule has 0 aromatic carbocycles. The number of nitrogens with one attached hydrogen (secondary N) is 1. The number of amides is 1. The first kappa shape index (κ1) is 21.8. The summed E-state index contributed by atoms with van der Waals surface area (Å²) in [4.78, 5) is 23.0. The molecule has 0 unspecified atom stereocenters. The Kier molecular flexibility index (Phi) is 5.32. The zero-order valence-corrected chi connectivity index (χ0v) is 20.1. The van der Waals surface area contributed by atoms with Gasteiger partial charge >= 0.3 is 0 Å². The second-order valence-electron chi connectivity index (χ2n) is 9.67. The Morgan fingerprint density at radius 2 is 2.11 bits per heavy atom. The van der Waals surface area contributed by atoms with E-state index in [1.165, 1.54) is 0 Å². The molecule has 4 aromatic rings. The topological polar surface area (TPSA) is 122 Å². The average Bonchev–Trinajstić information content (AvgIpc) is 3.65. The first-order chi connectivity index (χ1) is 17.0. The smallest absolute Gasteiger partial charge is 0.258 e. The van der Waals surface area contributed by atoms with Crippen LogP contribution in [-0.2, 0) is 0 Å². The first-order valence-corrected chi connectivity index (χ1v) is 12.3. The van der Waals surface area contributed by atoms with E-state index in [0.29, 0.717) is 23.6 Å². The van der Waals surface area contributed by atoms with Gasteiger partial charge in [0, 0.05) is 49.2 Å². The molecule has 0 aliphatic carbocycles. The number of aromatic nitrogens is 5. The second kappa shape index (κ2) is 8.53. The molecule has 35 heavy (non-hydrogen) atoms. The van der Waals surface area contributed by atoms with E-state index >= 15 is 0 Å². The highest BCUT2D eigenvalue weighted by atomic mass is 16.3. The van der Waals surface area contributed by atoms with Crippen molar-refractivity contribution in [3.05, 3.63) is 53.2 Å². The number of rotatable bonds is 4. The number of piperidine rings is 1. The minimum Gasteiger partial charge on any atom is -0.463 e. The Balaban J connectivity index is 1.34. The number of carbonyl (C=O) groups is 1. The van der Waals surface area contributed by atoms with Crippen molar-refractivity contribution in [2.75, 3.05) is 24.5 Å². The van der Waals surface area contributed by atoms with Crippen molar-refractivity contribution in [2.45, 2.75) is 51.6 Å². The van der Waals surface area contributed by atoms with Gasteiger partial charge < -0.3 is 20.0 Å². The number of likely N-dealkylation sites (tertiary alicyclic amines) is 1. The van der Waals surface area contributed by atoms with Crippen LogP contribution in [0.25, 0.3) is 17.1 Å². The molecule has 2 atom stereocenters. The summed E-state index contributed by atoms with van der Waals surface area (Å²) in [6, 6.07) is 5.70. The summed E-state index contributed by atoms with van der Waals surface area (Å²) in [5.74, 6) is 1.48. The number of aryl methyl sites for hydroxylation is 2. The average molecular weight is 475 g/mol. The summed E-state index contributed by atoms with van der Waals surface area (Å²) in [6.45, 7) is 6.33. The van der Waals surface area contributed by atoms with Crippen LogP contribution in [0.3, 0.4) is 0 Å². The number of fused-ring (bicyclic) bond motifs is 1. The molecule has 10 nitrogen and oxygen atoms in total. The lowest BCUT2D eigenvalue weighted by atomic mass is 9.97. The second-order valence-corrected chi connectivity index (χ2v) is 9.67. The molecule has 0 spiro atoms. The summed E-state index contributed by atoms with van der Waals surface area (Å²) < 4.78 is 7.38. The summed E-state index contributed by atoms with van der Waals surface area (Å²) in [6.07, 6.45) is 7.45. The number of carbonyl (C=O) groups excluding carboxylic acids is 1. The number of H-pyrrole nitrogens is 1. The van der Waals surface area contributed by atoms with Crippen LogP contribution in [0.5, 0.6) is 0 Å². The van der Waals surface area contributed by atoms with Gasteiger partial charge in [-0.15, -0.1) is 0 Å². The highest BCUT2D eigenvalue weighted by Crippen LogP contribution is 2.35. The number of nitrogens with zero attached hydrogens (tertiary/aromatic N) is 6. The van der Waals surface area contributed by atoms with Gasteiger partial charge in [-0.25, -0.2) is 9.50 Å². The van der Waals surface area contributed by atoms with Gasteiger partial charge in [-0.05, 0) is 51.7 Å². The molecule has 6 rings (SSSR count). The van der Waals surface area contributed by atoms with Crippen molar-refractivity contribution in [1.82, 2.24) is 29.7 Å². The highest BCUT2D eigenvalue weighted by molar-refractivity contribution is 6.00. The monoisotopic (exact) mass is 474 g/mol. The lowest BCUT2D eigenvalue weighted by Crippen LogP contribution is -2.39. The fourth-order valence-electron chi connectivity index (χ4n) is 5.39. The normalized spacial score (nSPS) is 20.8. The van der Waals surface area contributed by atoms with E-state index in [1.54, 1.807) is 12.3 Å². The van der Waals surface area contributed by atoms with Gasteiger partial charge in [0.1, 0.15) is 11.5 Å². The number of nitrogens with two attached hydrogens (primary N) is 1. The molecule has 4 aromatic heterocycles. The fourth-order valence-corrected chi connectivity index (χ4v) is 5.39. The maximum absolute atomic E-state index is 13.9. The summed E-state index contributed by atoms with van der Waals surface area (Å²) in [5.41, 5.74) is 10.7. The number of anilines is 1. The van der Waals surface area contributed by atoms with Gasteiger partial charge in [-0.2, -0.15) is 10.2 Å². The third kappa shape index (κ3) is 3.78. The van der Waals surface area contributed by atoms with Crippen LogP contribution >= 0.6 is 0 Å². The SMILES string of the molecule is Cc1cn2nc([C@@H]3CCCCN3C(=O)c3c(-c4ccco4)n[nH]c3C)cc2nc1N1CC[C@H](N)C1. The molecule has 2 aliphatic rings. The molecule has 0 saturated carbocycles. The van der Waals surface area contributed by atoms with E-state index in [-0.39, 0.29) is 18.0 Å². The lowest BCUT2D eigenvalue weighted by molar-refractivity contribution is 0.0605. The Bertz CT molecular complexity index is 1370. The molecule has 6 heterocycles. The maximum atomic E-state index is 13.9. The molecule has 2 saturated heterocycles. The van der Waals surface area contributed by atoms with Crippen LogP contribution in [0.15, 0.2) is 35.1 Å². The molecule has 2 fully saturated rings. The first-order valence-electron chi connectivity index (χ1n) is 12.3. The van der Waals surface area contributed by atoms with E-state index in [1.807, 2.05) is 34.7 Å². The third-order valence-electron chi connectivity index (χ3n) is 7.17. The minimum absolute atomic E-state index is 0.0553. The summed E-state index contributed by atoms with van der Waals surface area (Å²) >= 11 is 0. The van der Waals surface area contributed by atoms with Crippen LogP contribution in [-0.4, -0.2) is 61.3 Å². The molecule has 182 valence electrons. The van der Waals surface area contributed by atoms with E-state index < -0.39 is 0 Å². The number of furan rings is 1. The van der Waals surface area contributed by atoms with Gasteiger partial charge in [0.2, 0.25) is 0 Å². The van der Waals surface area contributed by atoms with Crippen molar-refractivity contribution in [1.29, 1.82) is 0 Å². The molecule has 1 amide bonds. The Hall–Kier alpha value is -3.66. The van der Waals surface area contributed by atoms with E-state index in [2.05, 4.69) is 22.0 Å². The quantitative estimate of drug-likeness (QED) is 0.466. The van der Waals surface area contributed by atoms with Crippen LogP contribution in [0, 0.1) is 13.8 Å². The van der Waals surface area contributed by atoms with E-state index in [4.69, 9.17) is 20.2 Å². The van der Waals surface area contributed by atoms with Gasteiger partial charge in [0.25, 0.3) is 5.91 Å². The Labute approximate surface area is 203 Å². The minimum atomic E-state index is -0.124. The number of hydrogen-bond acceptors (Lipinski definition) is 7. The highest BCUT2D eigenvalue weighted by Gasteiger charge is 2.34. The predicted molar refractivity (Wildman–Crippen MR) is 131 cm³/mol. The van der Waals surface area contributed by atoms with Gasteiger partial charge in [0.15, 0.2) is 11.4 Å². The van der Waals surface area contributed by atoms with Gasteiger partial charge in [-0.1, -0.05) is 0 Å². The van der Waals surface area contributed by atoms with Crippen molar-refractivity contribution >= 4 is 17.4 Å². The number of hydrogen-bond donors (Lipinski definition) is 2. The standard InChI is InChI=1S/C25H30N8O2/c1-15-13-33-21(27-24(15)31-10-8-17(26)14-31)12-18(30-33)19-6-3-4-9-32(19)25(34)22-16(2)28-29-23(22)20-7-5-11-35-20/h5,7,11-13,17,19H,3-4,6,8-10,14,26H2,1-2H3,(H,28,29)/t17-,19-/m0/s1. The van der Waals surface area contributed by atoms with Crippen molar-refractivity contribution < 1.29 is 9.21 Å². The van der Waals surface area contributed by atoms with Gasteiger partial charge in [-0.3, -0.25) is 9.89 Å². The zero-order valence-electron chi connectivity index (χ0n) is 20.1.